The third-order valence-corrected chi connectivity index (χ3v) is 6.09. The van der Waals surface area contributed by atoms with Gasteiger partial charge in [-0.05, 0) is 66.3 Å². The van der Waals surface area contributed by atoms with Crippen LogP contribution in [0, 0.1) is 5.92 Å². The van der Waals surface area contributed by atoms with E-state index < -0.39 is 6.36 Å². The summed E-state index contributed by atoms with van der Waals surface area (Å²) in [7, 11) is 0. The second-order valence-corrected chi connectivity index (χ2v) is 8.23. The highest BCUT2D eigenvalue weighted by molar-refractivity contribution is 5.69. The summed E-state index contributed by atoms with van der Waals surface area (Å²) in [6, 6.07) is 14.7. The van der Waals surface area contributed by atoms with E-state index in [0.29, 0.717) is 0 Å². The average Bonchev–Trinajstić information content (AvgIpc) is 2.71. The monoisotopic (exact) mass is 404 g/mol. The molecule has 1 fully saturated rings. The second-order valence-electron chi connectivity index (χ2n) is 8.23. The Labute approximate surface area is 172 Å². The Morgan fingerprint density at radius 2 is 1.62 bits per heavy atom. The van der Waals surface area contributed by atoms with Gasteiger partial charge in [0.25, 0.3) is 0 Å². The minimum Gasteiger partial charge on any atom is -0.406 e. The molecule has 2 aromatic carbocycles. The van der Waals surface area contributed by atoms with Crippen molar-refractivity contribution in [3.63, 3.8) is 0 Å². The van der Waals surface area contributed by atoms with Gasteiger partial charge in [-0.2, -0.15) is 0 Å². The maximum Gasteiger partial charge on any atom is 0.573 e. The summed E-state index contributed by atoms with van der Waals surface area (Å²) in [6.07, 6.45) is 6.19. The van der Waals surface area contributed by atoms with Crippen LogP contribution >= 0.6 is 0 Å². The first kappa shape index (κ1) is 21.7. The van der Waals surface area contributed by atoms with E-state index in [2.05, 4.69) is 11.7 Å². The summed E-state index contributed by atoms with van der Waals surface area (Å²) in [5.74, 6) is 0.931. The van der Waals surface area contributed by atoms with Crippen LogP contribution in [0.5, 0.6) is 5.75 Å². The molecule has 1 saturated carbocycles. The number of hydrogen-bond acceptors (Lipinski definition) is 1. The van der Waals surface area contributed by atoms with Gasteiger partial charge in [-0.15, -0.1) is 13.2 Å². The van der Waals surface area contributed by atoms with E-state index in [0.717, 1.165) is 48.3 Å². The van der Waals surface area contributed by atoms with E-state index in [1.165, 1.54) is 38.2 Å². The van der Waals surface area contributed by atoms with Crippen molar-refractivity contribution < 1.29 is 17.9 Å². The van der Waals surface area contributed by atoms with Gasteiger partial charge < -0.3 is 4.74 Å². The van der Waals surface area contributed by atoms with E-state index in [4.69, 9.17) is 0 Å². The zero-order valence-corrected chi connectivity index (χ0v) is 17.2. The van der Waals surface area contributed by atoms with Crippen molar-refractivity contribution in [2.75, 3.05) is 0 Å². The van der Waals surface area contributed by atoms with Gasteiger partial charge in [0.2, 0.25) is 0 Å². The van der Waals surface area contributed by atoms with Gasteiger partial charge in [-0.25, -0.2) is 0 Å². The van der Waals surface area contributed by atoms with E-state index in [1.54, 1.807) is 12.1 Å². The maximum atomic E-state index is 12.7. The van der Waals surface area contributed by atoms with Crippen LogP contribution in [-0.4, -0.2) is 6.36 Å². The first-order valence-corrected chi connectivity index (χ1v) is 10.9. The lowest BCUT2D eigenvalue weighted by molar-refractivity contribution is -0.274. The SMILES string of the molecule is CCCCCCC1CCC(c2cc(OC(F)(F)F)ccc2-c2ccccc2)CC1. The fourth-order valence-corrected chi connectivity index (χ4v) is 4.58. The minimum atomic E-state index is -4.66. The van der Waals surface area contributed by atoms with E-state index in [9.17, 15) is 13.2 Å². The Bertz CT molecular complexity index is 746. The summed E-state index contributed by atoms with van der Waals surface area (Å²) in [4.78, 5) is 0. The number of hydrogen-bond donors (Lipinski definition) is 0. The van der Waals surface area contributed by atoms with Crippen LogP contribution in [-0.2, 0) is 0 Å². The molecule has 0 amide bonds. The maximum absolute atomic E-state index is 12.7. The summed E-state index contributed by atoms with van der Waals surface area (Å²) in [5.41, 5.74) is 3.05. The van der Waals surface area contributed by atoms with E-state index in [-0.39, 0.29) is 11.7 Å². The topological polar surface area (TPSA) is 9.23 Å². The van der Waals surface area contributed by atoms with Crippen molar-refractivity contribution in [1.82, 2.24) is 0 Å². The van der Waals surface area contributed by atoms with Gasteiger partial charge in [0.1, 0.15) is 5.75 Å². The van der Waals surface area contributed by atoms with Crippen LogP contribution in [0.3, 0.4) is 0 Å². The molecule has 0 saturated heterocycles. The standard InChI is InChI=1S/C25H31F3O/c1-2-3-4-6-9-19-12-14-21(15-13-19)24-18-22(29-25(26,27)28)16-17-23(24)20-10-7-5-8-11-20/h5,7-8,10-11,16-19,21H,2-4,6,9,12-15H2,1H3. The molecule has 0 heterocycles. The van der Waals surface area contributed by atoms with Gasteiger partial charge in [-0.1, -0.05) is 75.4 Å². The molecule has 3 rings (SSSR count). The van der Waals surface area contributed by atoms with Crippen LogP contribution in [0.15, 0.2) is 48.5 Å². The molecule has 1 aliphatic rings. The third kappa shape index (κ3) is 6.52. The Kier molecular flexibility index (Phi) is 7.63. The predicted octanol–water partition coefficient (Wildman–Crippen LogP) is 8.50. The Hall–Kier alpha value is -1.97. The number of rotatable bonds is 8. The molecule has 1 aliphatic carbocycles. The summed E-state index contributed by atoms with van der Waals surface area (Å²) in [5, 5.41) is 0. The van der Waals surface area contributed by atoms with E-state index in [1.807, 2.05) is 30.3 Å². The molecule has 0 bridgehead atoms. The van der Waals surface area contributed by atoms with Crippen molar-refractivity contribution in [2.45, 2.75) is 77.0 Å². The molecule has 158 valence electrons. The lowest BCUT2D eigenvalue weighted by Crippen LogP contribution is -2.18. The predicted molar refractivity (Wildman–Crippen MR) is 112 cm³/mol. The van der Waals surface area contributed by atoms with Crippen molar-refractivity contribution >= 4 is 0 Å². The zero-order valence-electron chi connectivity index (χ0n) is 17.2. The first-order valence-electron chi connectivity index (χ1n) is 10.9. The number of benzene rings is 2. The van der Waals surface area contributed by atoms with Crippen LogP contribution in [0.1, 0.15) is 76.2 Å². The molecule has 0 spiro atoms. The van der Waals surface area contributed by atoms with Crippen LogP contribution in [0.2, 0.25) is 0 Å². The molecule has 29 heavy (non-hydrogen) atoms. The number of ether oxygens (including phenoxy) is 1. The van der Waals surface area contributed by atoms with Gasteiger partial charge in [0.15, 0.2) is 0 Å². The van der Waals surface area contributed by atoms with E-state index >= 15 is 0 Å². The summed E-state index contributed by atoms with van der Waals surface area (Å²) in [6.45, 7) is 2.23. The quantitative estimate of drug-likeness (QED) is 0.401. The van der Waals surface area contributed by atoms with Crippen molar-refractivity contribution in [3.05, 3.63) is 54.1 Å². The largest absolute Gasteiger partial charge is 0.573 e. The smallest absolute Gasteiger partial charge is 0.406 e. The molecule has 0 radical (unpaired) electrons. The van der Waals surface area contributed by atoms with Crippen LogP contribution < -0.4 is 4.74 Å². The molecule has 2 aromatic rings. The first-order chi connectivity index (χ1) is 14.0. The van der Waals surface area contributed by atoms with Crippen molar-refractivity contribution in [1.29, 1.82) is 0 Å². The highest BCUT2D eigenvalue weighted by atomic mass is 19.4. The molecular weight excluding hydrogens is 373 g/mol. The minimum absolute atomic E-state index is 0.117. The molecule has 4 heteroatoms. The lowest BCUT2D eigenvalue weighted by Gasteiger charge is -2.30. The Morgan fingerprint density at radius 1 is 0.897 bits per heavy atom. The molecular formula is C25H31F3O. The fraction of sp³-hybridized carbons (Fsp3) is 0.520. The lowest BCUT2D eigenvalue weighted by atomic mass is 9.75. The van der Waals surface area contributed by atoms with Gasteiger partial charge in [-0.3, -0.25) is 0 Å². The van der Waals surface area contributed by atoms with Gasteiger partial charge >= 0.3 is 6.36 Å². The molecule has 0 unspecified atom stereocenters. The normalized spacial score (nSPS) is 19.9. The van der Waals surface area contributed by atoms with Crippen molar-refractivity contribution in [3.8, 4) is 16.9 Å². The number of halogens is 3. The molecule has 0 atom stereocenters. The molecule has 0 aliphatic heterocycles. The fourth-order valence-electron chi connectivity index (χ4n) is 4.58. The van der Waals surface area contributed by atoms with Crippen LogP contribution in [0.4, 0.5) is 13.2 Å². The summed E-state index contributed by atoms with van der Waals surface area (Å²) >= 11 is 0. The number of unbranched alkanes of at least 4 members (excludes halogenated alkanes) is 3. The van der Waals surface area contributed by atoms with Crippen LogP contribution in [0.25, 0.3) is 11.1 Å². The molecule has 1 nitrogen and oxygen atoms in total. The average molecular weight is 405 g/mol. The molecule has 0 N–H and O–H groups in total. The Balaban J connectivity index is 1.75. The highest BCUT2D eigenvalue weighted by Crippen LogP contribution is 2.43. The van der Waals surface area contributed by atoms with Gasteiger partial charge in [0.05, 0.1) is 0 Å². The van der Waals surface area contributed by atoms with Gasteiger partial charge in [0, 0.05) is 0 Å². The molecule has 0 aromatic heterocycles. The zero-order chi connectivity index (χ0) is 20.7. The Morgan fingerprint density at radius 3 is 2.28 bits per heavy atom. The third-order valence-electron chi connectivity index (χ3n) is 6.09. The summed E-state index contributed by atoms with van der Waals surface area (Å²) < 4.78 is 42.4. The van der Waals surface area contributed by atoms with Crippen molar-refractivity contribution in [2.24, 2.45) is 5.92 Å². The highest BCUT2D eigenvalue weighted by Gasteiger charge is 2.32. The second kappa shape index (κ2) is 10.2. The number of alkyl halides is 3.